The fourth-order valence-electron chi connectivity index (χ4n) is 0. The van der Waals surface area contributed by atoms with Crippen LogP contribution < -0.4 is 0 Å². The summed E-state index contributed by atoms with van der Waals surface area (Å²) >= 11 is -1.72. The zero-order valence-corrected chi connectivity index (χ0v) is 7.08. The van der Waals surface area contributed by atoms with Gasteiger partial charge in [-0.25, -0.2) is 30.1 Å². The van der Waals surface area contributed by atoms with Crippen LogP contribution in [0.2, 0.25) is 0 Å². The summed E-state index contributed by atoms with van der Waals surface area (Å²) in [6.07, 6.45) is 0. The second-order valence-corrected chi connectivity index (χ2v) is 6.90. The third-order valence-electron chi connectivity index (χ3n) is 0. The molecule has 0 unspecified atom stereocenters. The average Bonchev–Trinajstić information content (AvgIpc) is 1.33. The van der Waals surface area contributed by atoms with Crippen molar-refractivity contribution in [3.05, 3.63) is 0 Å². The van der Waals surface area contributed by atoms with Crippen LogP contribution in [0.15, 0.2) is 0 Å². The predicted molar refractivity (Wildman–Crippen MR) is 34.6 cm³/mol. The van der Waals surface area contributed by atoms with E-state index in [1.165, 1.54) is 6.92 Å². The molecule has 0 saturated heterocycles. The van der Waals surface area contributed by atoms with Crippen molar-refractivity contribution in [1.29, 1.82) is 5.26 Å². The molecule has 0 amide bonds. The normalized spacial score (nSPS) is 5.00. The summed E-state index contributed by atoms with van der Waals surface area (Å²) in [4.78, 5) is 0. The Morgan fingerprint density at radius 3 is 1.43 bits per heavy atom. The lowest BCUT2D eigenvalue weighted by atomic mass is 11.0. The van der Waals surface area contributed by atoms with Crippen LogP contribution >= 0.6 is 30.1 Å². The molecule has 0 aliphatic rings. The molecular weight excluding hydrogens is 171 g/mol. The summed E-state index contributed by atoms with van der Waals surface area (Å²) in [6, 6.07) is 1.75. The van der Waals surface area contributed by atoms with Gasteiger partial charge in [0.25, 0.3) is 0 Å². The summed E-state index contributed by atoms with van der Waals surface area (Å²) in [5, 5.41) is 7.32. The lowest BCUT2D eigenvalue weighted by Crippen LogP contribution is -1.66. The molecule has 0 aliphatic carbocycles. The van der Waals surface area contributed by atoms with E-state index >= 15 is 0 Å². The first-order chi connectivity index (χ1) is 3.15. The molecule has 0 heterocycles. The molecule has 0 aromatic carbocycles. The third kappa shape index (κ3) is 207. The van der Waals surface area contributed by atoms with Crippen LogP contribution in [0.25, 0.3) is 0 Å². The minimum atomic E-state index is -1.72. The van der Waals surface area contributed by atoms with Gasteiger partial charge < -0.3 is 0 Å². The fourth-order valence-corrected chi connectivity index (χ4v) is 0. The van der Waals surface area contributed by atoms with Gasteiger partial charge in [0.1, 0.15) is 0 Å². The highest BCUT2D eigenvalue weighted by Gasteiger charge is 2.00. The van der Waals surface area contributed by atoms with Crippen molar-refractivity contribution in [2.75, 3.05) is 0 Å². The Morgan fingerprint density at radius 1 is 1.43 bits per heavy atom. The summed E-state index contributed by atoms with van der Waals surface area (Å²) in [5.74, 6) is 0. The van der Waals surface area contributed by atoms with Crippen LogP contribution in [0, 0.1) is 11.3 Å². The molecule has 0 aromatic rings. The minimum Gasteiger partial charge on any atom is -0.214 e. The second kappa shape index (κ2) is 10.00. The van der Waals surface area contributed by atoms with E-state index in [9.17, 15) is 0 Å². The molecule has 0 radical (unpaired) electrons. The largest absolute Gasteiger partial charge is 0.643 e. The van der Waals surface area contributed by atoms with Gasteiger partial charge in [0, 0.05) is 6.92 Å². The zero-order chi connectivity index (χ0) is 6.28. The second-order valence-electron chi connectivity index (χ2n) is 0.471. The molecule has 0 atom stereocenters. The molecule has 40 valence electrons. The molecule has 7 heavy (non-hydrogen) atoms. The van der Waals surface area contributed by atoms with E-state index in [1.54, 1.807) is 6.07 Å². The topological polar surface area (TPSA) is 23.8 Å². The number of nitrogens with zero attached hydrogens (tertiary/aromatic N) is 1. The average molecular weight is 174 g/mol. The van der Waals surface area contributed by atoms with Crippen molar-refractivity contribution in [3.63, 3.8) is 0 Å². The summed E-state index contributed by atoms with van der Waals surface area (Å²) in [6.45, 7) is 1.43. The van der Waals surface area contributed by atoms with Crippen molar-refractivity contribution in [2.45, 2.75) is 6.92 Å². The highest BCUT2D eigenvalue weighted by molar-refractivity contribution is 7.54. The summed E-state index contributed by atoms with van der Waals surface area (Å²) < 4.78 is 0. The molecule has 0 aliphatic heterocycles. The van der Waals surface area contributed by atoms with Gasteiger partial charge in [-0.05, 0) is 0 Å². The van der Waals surface area contributed by atoms with Gasteiger partial charge in [-0.15, -0.1) is 0 Å². The Kier molecular flexibility index (Phi) is 15.4. The van der Waals surface area contributed by atoms with Crippen molar-refractivity contribution in [2.24, 2.45) is 0 Å². The highest BCUT2D eigenvalue weighted by atomic mass is 35.8. The lowest BCUT2D eigenvalue weighted by molar-refractivity contribution is 1.49. The number of rotatable bonds is 0. The lowest BCUT2D eigenvalue weighted by Gasteiger charge is -1.57. The Bertz CT molecular complexity index is 55.7. The molecular formula is C2H3AlCl3N. The maximum atomic E-state index is 7.32. The van der Waals surface area contributed by atoms with Crippen LogP contribution in [0.3, 0.4) is 0 Å². The number of halogens is 3. The van der Waals surface area contributed by atoms with E-state index < -0.39 is 11.4 Å². The quantitative estimate of drug-likeness (QED) is 0.517. The van der Waals surface area contributed by atoms with Crippen molar-refractivity contribution >= 4 is 41.5 Å². The van der Waals surface area contributed by atoms with E-state index in [1.807, 2.05) is 0 Å². The van der Waals surface area contributed by atoms with E-state index in [2.05, 4.69) is 0 Å². The zero-order valence-electron chi connectivity index (χ0n) is 3.66. The first-order valence-electron chi connectivity index (χ1n) is 1.38. The smallest absolute Gasteiger partial charge is 0.214 e. The Labute approximate surface area is 59.8 Å². The Balaban J connectivity index is 0. The van der Waals surface area contributed by atoms with E-state index in [0.29, 0.717) is 0 Å². The maximum absolute atomic E-state index is 7.32. The van der Waals surface area contributed by atoms with Crippen LogP contribution in [0.1, 0.15) is 6.92 Å². The highest BCUT2D eigenvalue weighted by Crippen LogP contribution is 1.97. The third-order valence-corrected chi connectivity index (χ3v) is 0. The van der Waals surface area contributed by atoms with Gasteiger partial charge in [-0.1, -0.05) is 0 Å². The molecule has 0 saturated carbocycles. The molecule has 0 aromatic heterocycles. The maximum Gasteiger partial charge on any atom is 0.643 e. The minimum absolute atomic E-state index is 1.43. The predicted octanol–water partition coefficient (Wildman–Crippen LogP) is 2.22. The molecule has 0 fully saturated rings. The number of hydrogen-bond acceptors (Lipinski definition) is 1. The summed E-state index contributed by atoms with van der Waals surface area (Å²) in [5.41, 5.74) is 0. The van der Waals surface area contributed by atoms with Gasteiger partial charge >= 0.3 is 11.4 Å². The van der Waals surface area contributed by atoms with E-state index in [0.717, 1.165) is 0 Å². The molecule has 0 spiro atoms. The molecule has 0 bridgehead atoms. The van der Waals surface area contributed by atoms with Crippen molar-refractivity contribution < 1.29 is 0 Å². The Hall–Kier alpha value is 0.892. The molecule has 0 N–H and O–H groups in total. The van der Waals surface area contributed by atoms with Crippen molar-refractivity contribution in [3.8, 4) is 6.07 Å². The first kappa shape index (κ1) is 10.8. The van der Waals surface area contributed by atoms with Gasteiger partial charge in [0.2, 0.25) is 0 Å². The summed E-state index contributed by atoms with van der Waals surface area (Å²) in [7, 11) is 14.8. The van der Waals surface area contributed by atoms with Crippen LogP contribution in [0.5, 0.6) is 0 Å². The number of hydrogen-bond donors (Lipinski definition) is 0. The molecule has 1 nitrogen and oxygen atoms in total. The van der Waals surface area contributed by atoms with Crippen LogP contribution in [-0.2, 0) is 0 Å². The fraction of sp³-hybridized carbons (Fsp3) is 0.500. The van der Waals surface area contributed by atoms with E-state index in [4.69, 9.17) is 35.4 Å². The Morgan fingerprint density at radius 2 is 1.43 bits per heavy atom. The van der Waals surface area contributed by atoms with E-state index in [-0.39, 0.29) is 0 Å². The van der Waals surface area contributed by atoms with Gasteiger partial charge in [-0.2, -0.15) is 5.26 Å². The first-order valence-corrected chi connectivity index (χ1v) is 6.62. The number of nitriles is 1. The standard InChI is InChI=1S/C2H3N.Al.3ClH/c1-2-3;;;;/h1H3;;3*1H/q;+3;;;/p-3. The van der Waals surface area contributed by atoms with Crippen molar-refractivity contribution in [1.82, 2.24) is 0 Å². The van der Waals surface area contributed by atoms with Crippen LogP contribution in [-0.4, -0.2) is 11.4 Å². The van der Waals surface area contributed by atoms with Gasteiger partial charge in [0.15, 0.2) is 0 Å². The van der Waals surface area contributed by atoms with Gasteiger partial charge in [-0.3, -0.25) is 0 Å². The van der Waals surface area contributed by atoms with Gasteiger partial charge in [0.05, 0.1) is 6.07 Å². The van der Waals surface area contributed by atoms with Crippen LogP contribution in [0.4, 0.5) is 0 Å². The molecule has 5 heteroatoms. The molecule has 0 rings (SSSR count). The monoisotopic (exact) mass is 173 g/mol. The SMILES string of the molecule is CC#N.[Cl][Al]([Cl])[Cl].